The molecule has 2 nitrogen and oxygen atoms in total. The number of carbonyl (C=O) groups excluding carboxylic acids is 1. The van der Waals surface area contributed by atoms with Gasteiger partial charge in [0.25, 0.3) is 0 Å². The summed E-state index contributed by atoms with van der Waals surface area (Å²) in [6, 6.07) is 0. The summed E-state index contributed by atoms with van der Waals surface area (Å²) < 4.78 is 0. The third-order valence-electron chi connectivity index (χ3n) is 1.46. The molecule has 0 bridgehead atoms. The molecule has 68 valence electrons. The van der Waals surface area contributed by atoms with Gasteiger partial charge in [0.15, 0.2) is 0 Å². The van der Waals surface area contributed by atoms with Crippen LogP contribution in [0.25, 0.3) is 0 Å². The molecule has 0 saturated carbocycles. The second-order valence-corrected chi connectivity index (χ2v) is 3.13. The average Bonchev–Trinajstić information content (AvgIpc) is 1.84. The largest absolute Gasteiger partial charge is 1.00 e. The topological polar surface area (TPSA) is 40.1 Å². The molecular weight excluding hydrogens is 191 g/mol. The van der Waals surface area contributed by atoms with Crippen LogP contribution in [0.15, 0.2) is 23.3 Å². The molecule has 0 unspecified atom stereocenters. The van der Waals surface area contributed by atoms with Crippen LogP contribution in [0.5, 0.6) is 0 Å². The van der Waals surface area contributed by atoms with Crippen LogP contribution < -0.4 is 56.5 Å². The van der Waals surface area contributed by atoms with Crippen molar-refractivity contribution in [3.63, 3.8) is 0 Å². The Hall–Kier alpha value is 0.586. The SMILES string of the molecule is CC(C)=CCC/C(C)=C/C(=O)[O-].[K+]. The summed E-state index contributed by atoms with van der Waals surface area (Å²) in [6.45, 7) is 5.85. The van der Waals surface area contributed by atoms with Crippen molar-refractivity contribution in [3.05, 3.63) is 23.3 Å². The Kier molecular flexibility index (Phi) is 11.3. The molecule has 3 heteroatoms. The maximum atomic E-state index is 10.1. The summed E-state index contributed by atoms with van der Waals surface area (Å²) in [6.07, 6.45) is 4.93. The second kappa shape index (κ2) is 9.15. The van der Waals surface area contributed by atoms with Gasteiger partial charge in [-0.3, -0.25) is 0 Å². The van der Waals surface area contributed by atoms with Crippen molar-refractivity contribution in [2.45, 2.75) is 33.6 Å². The van der Waals surface area contributed by atoms with E-state index in [2.05, 4.69) is 6.08 Å². The molecule has 0 rings (SSSR count). The molecule has 0 aliphatic carbocycles. The number of carbonyl (C=O) groups is 1. The minimum atomic E-state index is -1.11. The first kappa shape index (κ1) is 16.0. The van der Waals surface area contributed by atoms with Crippen LogP contribution in [0, 0.1) is 0 Å². The fraction of sp³-hybridized carbons (Fsp3) is 0.500. The molecule has 0 atom stereocenters. The molecule has 0 aromatic heterocycles. The zero-order valence-corrected chi connectivity index (χ0v) is 12.0. The van der Waals surface area contributed by atoms with Gasteiger partial charge in [-0.1, -0.05) is 17.2 Å². The first-order chi connectivity index (χ1) is 5.52. The Bertz CT molecular complexity index is 213. The van der Waals surface area contributed by atoms with E-state index in [1.807, 2.05) is 13.8 Å². The van der Waals surface area contributed by atoms with Gasteiger partial charge in [-0.2, -0.15) is 0 Å². The molecule has 13 heavy (non-hydrogen) atoms. The van der Waals surface area contributed by atoms with E-state index in [1.54, 1.807) is 6.92 Å². The number of carboxylic acids is 1. The van der Waals surface area contributed by atoms with E-state index in [9.17, 15) is 9.90 Å². The molecule has 0 spiro atoms. The zero-order valence-electron chi connectivity index (χ0n) is 8.89. The predicted molar refractivity (Wildman–Crippen MR) is 47.4 cm³/mol. The Balaban J connectivity index is 0. The molecule has 0 aliphatic rings. The third kappa shape index (κ3) is 12.6. The van der Waals surface area contributed by atoms with Gasteiger partial charge in [-0.25, -0.2) is 0 Å². The van der Waals surface area contributed by atoms with E-state index in [1.165, 1.54) is 5.57 Å². The maximum absolute atomic E-state index is 10.1. The summed E-state index contributed by atoms with van der Waals surface area (Å²) in [5.74, 6) is -1.11. The van der Waals surface area contributed by atoms with Crippen LogP contribution in [0.1, 0.15) is 33.6 Å². The van der Waals surface area contributed by atoms with Gasteiger partial charge in [0.2, 0.25) is 0 Å². The fourth-order valence-corrected chi connectivity index (χ4v) is 0.862. The van der Waals surface area contributed by atoms with Crippen LogP contribution in [0.3, 0.4) is 0 Å². The minimum Gasteiger partial charge on any atom is -0.545 e. The molecule has 0 N–H and O–H groups in total. The number of hydrogen-bond donors (Lipinski definition) is 0. The van der Waals surface area contributed by atoms with Crippen LogP contribution in [-0.2, 0) is 4.79 Å². The smallest absolute Gasteiger partial charge is 0.545 e. The van der Waals surface area contributed by atoms with Crippen molar-refractivity contribution in [1.82, 2.24) is 0 Å². The molecule has 0 heterocycles. The molecule has 0 aromatic carbocycles. The second-order valence-electron chi connectivity index (χ2n) is 3.13. The monoisotopic (exact) mass is 206 g/mol. The van der Waals surface area contributed by atoms with Gasteiger partial charge in [-0.05, 0) is 39.7 Å². The summed E-state index contributed by atoms with van der Waals surface area (Å²) in [4.78, 5) is 10.1. The van der Waals surface area contributed by atoms with E-state index >= 15 is 0 Å². The van der Waals surface area contributed by atoms with Gasteiger partial charge in [0.1, 0.15) is 0 Å². The third-order valence-corrected chi connectivity index (χ3v) is 1.46. The van der Waals surface area contributed by atoms with Gasteiger partial charge >= 0.3 is 51.4 Å². The van der Waals surface area contributed by atoms with E-state index in [0.717, 1.165) is 24.5 Å². The summed E-state index contributed by atoms with van der Waals surface area (Å²) in [7, 11) is 0. The Morgan fingerprint density at radius 1 is 1.31 bits per heavy atom. The van der Waals surface area contributed by atoms with E-state index in [4.69, 9.17) is 0 Å². The molecule has 0 aliphatic heterocycles. The number of allylic oxidation sites excluding steroid dienone is 3. The number of aliphatic carboxylic acids is 1. The summed E-state index contributed by atoms with van der Waals surface area (Å²) in [5, 5.41) is 10.1. The zero-order chi connectivity index (χ0) is 9.56. The standard InChI is InChI=1S/C10H16O2.K/c1-8(2)5-4-6-9(3)7-10(11)12;/h5,7H,4,6H2,1-3H3,(H,11,12);/q;+1/p-1/b9-7+;. The van der Waals surface area contributed by atoms with E-state index in [0.29, 0.717) is 0 Å². The first-order valence-electron chi connectivity index (χ1n) is 4.04. The van der Waals surface area contributed by atoms with Crippen molar-refractivity contribution < 1.29 is 61.3 Å². The first-order valence-corrected chi connectivity index (χ1v) is 4.04. The number of carboxylic acid groups (broad SMARTS) is 1. The maximum Gasteiger partial charge on any atom is 1.00 e. The quantitative estimate of drug-likeness (QED) is 0.317. The van der Waals surface area contributed by atoms with Crippen LogP contribution in [0.4, 0.5) is 0 Å². The van der Waals surface area contributed by atoms with Crippen LogP contribution in [-0.4, -0.2) is 5.97 Å². The van der Waals surface area contributed by atoms with Crippen molar-refractivity contribution in [2.75, 3.05) is 0 Å². The Morgan fingerprint density at radius 2 is 1.85 bits per heavy atom. The van der Waals surface area contributed by atoms with Crippen LogP contribution >= 0.6 is 0 Å². The van der Waals surface area contributed by atoms with Crippen molar-refractivity contribution in [1.29, 1.82) is 0 Å². The molecule has 0 aromatic rings. The average molecular weight is 206 g/mol. The van der Waals surface area contributed by atoms with Gasteiger partial charge in [-0.15, -0.1) is 0 Å². The van der Waals surface area contributed by atoms with Crippen molar-refractivity contribution >= 4 is 5.97 Å². The van der Waals surface area contributed by atoms with Crippen LogP contribution in [0.2, 0.25) is 0 Å². The summed E-state index contributed by atoms with van der Waals surface area (Å²) in [5.41, 5.74) is 2.11. The Labute approximate surface area is 123 Å². The van der Waals surface area contributed by atoms with Crippen molar-refractivity contribution in [2.24, 2.45) is 0 Å². The fourth-order valence-electron chi connectivity index (χ4n) is 0.862. The number of rotatable bonds is 4. The molecule has 0 saturated heterocycles. The number of hydrogen-bond acceptors (Lipinski definition) is 2. The Morgan fingerprint density at radius 3 is 2.23 bits per heavy atom. The van der Waals surface area contributed by atoms with E-state index in [-0.39, 0.29) is 51.4 Å². The van der Waals surface area contributed by atoms with Crippen molar-refractivity contribution in [3.8, 4) is 0 Å². The minimum absolute atomic E-state index is 0. The molecule has 0 radical (unpaired) electrons. The molecule has 0 fully saturated rings. The normalized spacial score (nSPS) is 10.2. The molecular formula is C10H15KO2. The summed E-state index contributed by atoms with van der Waals surface area (Å²) >= 11 is 0. The van der Waals surface area contributed by atoms with Gasteiger partial charge in [0, 0.05) is 0 Å². The van der Waals surface area contributed by atoms with Gasteiger partial charge in [0.05, 0.1) is 5.97 Å². The predicted octanol–water partition coefficient (Wildman–Crippen LogP) is -1.57. The van der Waals surface area contributed by atoms with E-state index < -0.39 is 5.97 Å². The van der Waals surface area contributed by atoms with Gasteiger partial charge < -0.3 is 9.90 Å². The molecule has 0 amide bonds.